The zero-order chi connectivity index (χ0) is 27.1. The van der Waals surface area contributed by atoms with Crippen LogP contribution in [0.4, 0.5) is 29.2 Å². The van der Waals surface area contributed by atoms with Gasteiger partial charge in [-0.2, -0.15) is 13.2 Å². The molecular formula is C28H33F4N7. The Kier molecular flexibility index (Phi) is 6.95. The first kappa shape index (κ1) is 26.0. The van der Waals surface area contributed by atoms with Gasteiger partial charge in [-0.15, -0.1) is 0 Å². The van der Waals surface area contributed by atoms with E-state index in [1.807, 2.05) is 6.20 Å². The number of halogens is 4. The molecule has 1 aliphatic carbocycles. The number of hydrogen-bond donors (Lipinski definition) is 1. The van der Waals surface area contributed by atoms with Crippen molar-refractivity contribution in [2.24, 2.45) is 0 Å². The number of nitrogens with two attached hydrogens (primary N) is 1. The molecule has 3 fully saturated rings. The number of benzene rings is 1. The highest BCUT2D eigenvalue weighted by Crippen LogP contribution is 2.43. The molecule has 1 aromatic carbocycles. The highest BCUT2D eigenvalue weighted by Gasteiger charge is 2.35. The normalized spacial score (nSPS) is 19.2. The molecule has 0 amide bonds. The van der Waals surface area contributed by atoms with Gasteiger partial charge in [-0.05, 0) is 69.3 Å². The van der Waals surface area contributed by atoms with E-state index in [1.165, 1.54) is 25.2 Å². The van der Waals surface area contributed by atoms with E-state index in [4.69, 9.17) is 10.7 Å². The molecule has 0 atom stereocenters. The molecule has 4 heterocycles. The van der Waals surface area contributed by atoms with Gasteiger partial charge in [0.05, 0.1) is 11.3 Å². The zero-order valence-corrected chi connectivity index (χ0v) is 21.8. The summed E-state index contributed by atoms with van der Waals surface area (Å²) in [7, 11) is 0. The summed E-state index contributed by atoms with van der Waals surface area (Å²) < 4.78 is 56.2. The lowest BCUT2D eigenvalue weighted by molar-refractivity contribution is -0.139. The molecule has 6 rings (SSSR count). The minimum atomic E-state index is -4.77. The fourth-order valence-electron chi connectivity index (χ4n) is 5.92. The van der Waals surface area contributed by atoms with Gasteiger partial charge in [0, 0.05) is 49.4 Å². The molecule has 2 saturated heterocycles. The van der Waals surface area contributed by atoms with Gasteiger partial charge in [-0.3, -0.25) is 0 Å². The SMILES string of the molecule is Nc1ncnc(N2CCC(c3nc(-c4ccc(F)c(C(F)(F)F)c4)cn3CCN3CCC3)CC2)c1C1CCC1. The number of imidazole rings is 1. The van der Waals surface area contributed by atoms with Crippen LogP contribution in [0.1, 0.15) is 67.3 Å². The van der Waals surface area contributed by atoms with Crippen LogP contribution in [0.15, 0.2) is 30.7 Å². The maximum atomic E-state index is 13.9. The van der Waals surface area contributed by atoms with Gasteiger partial charge in [-0.25, -0.2) is 19.3 Å². The van der Waals surface area contributed by atoms with E-state index >= 15 is 0 Å². The Morgan fingerprint density at radius 2 is 1.69 bits per heavy atom. The van der Waals surface area contributed by atoms with Gasteiger partial charge in [0.15, 0.2) is 0 Å². The van der Waals surface area contributed by atoms with Crippen molar-refractivity contribution in [2.75, 3.05) is 43.4 Å². The van der Waals surface area contributed by atoms with Gasteiger partial charge in [0.25, 0.3) is 0 Å². The van der Waals surface area contributed by atoms with Gasteiger partial charge < -0.3 is 20.1 Å². The van der Waals surface area contributed by atoms with E-state index in [0.717, 1.165) is 87.7 Å². The van der Waals surface area contributed by atoms with Gasteiger partial charge in [0.2, 0.25) is 0 Å². The van der Waals surface area contributed by atoms with Crippen molar-refractivity contribution in [3.63, 3.8) is 0 Å². The second-order valence-corrected chi connectivity index (χ2v) is 11.0. The number of rotatable bonds is 7. The summed E-state index contributed by atoms with van der Waals surface area (Å²) in [6, 6.07) is 3.12. The van der Waals surface area contributed by atoms with Crippen molar-refractivity contribution in [2.45, 2.75) is 63.1 Å². The minimum Gasteiger partial charge on any atom is -0.383 e. The summed E-state index contributed by atoms with van der Waals surface area (Å²) in [5, 5.41) is 0. The predicted octanol–water partition coefficient (Wildman–Crippen LogP) is 5.44. The molecule has 2 aromatic heterocycles. The van der Waals surface area contributed by atoms with Crippen LogP contribution in [0.5, 0.6) is 0 Å². The number of nitrogen functional groups attached to an aromatic ring is 1. The number of aromatic nitrogens is 4. The van der Waals surface area contributed by atoms with Crippen LogP contribution in [0, 0.1) is 5.82 Å². The molecule has 3 aromatic rings. The maximum absolute atomic E-state index is 13.9. The van der Waals surface area contributed by atoms with E-state index in [2.05, 4.69) is 24.3 Å². The van der Waals surface area contributed by atoms with Crippen LogP contribution >= 0.6 is 0 Å². The van der Waals surface area contributed by atoms with Crippen molar-refractivity contribution in [1.82, 2.24) is 24.4 Å². The van der Waals surface area contributed by atoms with E-state index in [9.17, 15) is 17.6 Å². The zero-order valence-electron chi connectivity index (χ0n) is 21.8. The smallest absolute Gasteiger partial charge is 0.383 e. The Labute approximate surface area is 225 Å². The molecule has 0 spiro atoms. The highest BCUT2D eigenvalue weighted by atomic mass is 19.4. The predicted molar refractivity (Wildman–Crippen MR) is 141 cm³/mol. The summed E-state index contributed by atoms with van der Waals surface area (Å²) in [6.45, 7) is 5.27. The second kappa shape index (κ2) is 10.4. The first-order valence-electron chi connectivity index (χ1n) is 13.8. The number of piperidine rings is 1. The average molecular weight is 544 g/mol. The van der Waals surface area contributed by atoms with Gasteiger partial charge >= 0.3 is 6.18 Å². The number of alkyl halides is 3. The molecule has 0 unspecified atom stereocenters. The molecule has 2 N–H and O–H groups in total. The summed E-state index contributed by atoms with van der Waals surface area (Å²) in [6.07, 6.45) is 4.87. The molecule has 7 nitrogen and oxygen atoms in total. The number of likely N-dealkylation sites (tertiary alicyclic amines) is 1. The Morgan fingerprint density at radius 3 is 2.33 bits per heavy atom. The molecule has 11 heteroatoms. The largest absolute Gasteiger partial charge is 0.419 e. The average Bonchev–Trinajstić information content (AvgIpc) is 3.27. The molecule has 0 radical (unpaired) electrons. The topological polar surface area (TPSA) is 76.1 Å². The molecule has 3 aliphatic rings. The van der Waals surface area contributed by atoms with Crippen LogP contribution in [0.2, 0.25) is 0 Å². The quantitative estimate of drug-likeness (QED) is 0.400. The Morgan fingerprint density at radius 1 is 0.923 bits per heavy atom. The van der Waals surface area contributed by atoms with Crippen molar-refractivity contribution in [1.29, 1.82) is 0 Å². The Bertz CT molecular complexity index is 1320. The third kappa shape index (κ3) is 5.20. The molecule has 2 aliphatic heterocycles. The van der Waals surface area contributed by atoms with E-state index in [-0.39, 0.29) is 11.5 Å². The molecule has 1 saturated carbocycles. The van der Waals surface area contributed by atoms with Gasteiger partial charge in [0.1, 0.15) is 29.6 Å². The fraction of sp³-hybridized carbons (Fsp3) is 0.536. The maximum Gasteiger partial charge on any atom is 0.419 e. The minimum absolute atomic E-state index is 0.153. The number of nitrogens with zero attached hydrogens (tertiary/aromatic N) is 6. The van der Waals surface area contributed by atoms with Crippen LogP contribution < -0.4 is 10.6 Å². The Hall–Kier alpha value is -3.21. The molecule has 0 bridgehead atoms. The van der Waals surface area contributed by atoms with Crippen LogP contribution in [-0.2, 0) is 12.7 Å². The lowest BCUT2D eigenvalue weighted by Gasteiger charge is -2.36. The summed E-state index contributed by atoms with van der Waals surface area (Å²) in [4.78, 5) is 18.3. The highest BCUT2D eigenvalue weighted by molar-refractivity contribution is 5.61. The number of hydrogen-bond acceptors (Lipinski definition) is 6. The third-order valence-electron chi connectivity index (χ3n) is 8.55. The van der Waals surface area contributed by atoms with Crippen molar-refractivity contribution in [3.05, 3.63) is 53.5 Å². The lowest BCUT2D eigenvalue weighted by Crippen LogP contribution is -2.39. The molecular weight excluding hydrogens is 510 g/mol. The first-order valence-corrected chi connectivity index (χ1v) is 13.8. The standard InChI is InChI=1S/C28H33F4N7/c29-22-6-5-20(15-21(22)28(30,31)32)23-16-39(14-13-37-9-2-10-37)26(36-23)19-7-11-38(12-8-19)27-24(18-3-1-4-18)25(33)34-17-35-27/h5-6,15-19H,1-4,7-14H2,(H2,33,34,35). The van der Waals surface area contributed by atoms with Gasteiger partial charge in [-0.1, -0.05) is 6.42 Å². The molecule has 39 heavy (non-hydrogen) atoms. The summed E-state index contributed by atoms with van der Waals surface area (Å²) >= 11 is 0. The van der Waals surface area contributed by atoms with E-state index in [0.29, 0.717) is 24.0 Å². The molecule has 208 valence electrons. The van der Waals surface area contributed by atoms with Crippen molar-refractivity contribution >= 4 is 11.6 Å². The second-order valence-electron chi connectivity index (χ2n) is 11.0. The third-order valence-corrected chi connectivity index (χ3v) is 8.55. The first-order chi connectivity index (χ1) is 18.8. The Balaban J connectivity index is 1.25. The van der Waals surface area contributed by atoms with E-state index in [1.54, 1.807) is 0 Å². The lowest BCUT2D eigenvalue weighted by atomic mass is 9.80. The fourth-order valence-corrected chi connectivity index (χ4v) is 5.92. The number of anilines is 2. The van der Waals surface area contributed by atoms with Crippen LogP contribution in [0.3, 0.4) is 0 Å². The summed E-state index contributed by atoms with van der Waals surface area (Å²) in [5.74, 6) is 1.67. The van der Waals surface area contributed by atoms with Crippen LogP contribution in [-0.4, -0.2) is 57.1 Å². The van der Waals surface area contributed by atoms with Crippen molar-refractivity contribution < 1.29 is 17.6 Å². The monoisotopic (exact) mass is 543 g/mol. The summed E-state index contributed by atoms with van der Waals surface area (Å²) in [5.41, 5.74) is 6.78. The van der Waals surface area contributed by atoms with E-state index < -0.39 is 17.6 Å². The van der Waals surface area contributed by atoms with Crippen molar-refractivity contribution in [3.8, 4) is 11.3 Å². The van der Waals surface area contributed by atoms with Crippen LogP contribution in [0.25, 0.3) is 11.3 Å².